The van der Waals surface area contributed by atoms with Gasteiger partial charge in [-0.2, -0.15) is 15.0 Å². The number of anilines is 1. The molecule has 2 aromatic rings. The van der Waals surface area contributed by atoms with Crippen LogP contribution in [0.2, 0.25) is 5.15 Å². The largest absolute Gasteiger partial charge is 0.474 e. The molecule has 4 rings (SSSR count). The van der Waals surface area contributed by atoms with Crippen LogP contribution in [0.25, 0.3) is 10.9 Å². The average Bonchev–Trinajstić information content (AvgIpc) is 3.62. The quantitative estimate of drug-likeness (QED) is 0.402. The topological polar surface area (TPSA) is 134 Å². The summed E-state index contributed by atoms with van der Waals surface area (Å²) in [6.45, 7) is 9.83. The van der Waals surface area contributed by atoms with E-state index in [1.54, 1.807) is 34.6 Å². The van der Waals surface area contributed by atoms with E-state index in [0.717, 1.165) is 0 Å². The fourth-order valence-corrected chi connectivity index (χ4v) is 4.22. The molecule has 1 saturated carbocycles. The van der Waals surface area contributed by atoms with Crippen molar-refractivity contribution in [2.24, 2.45) is 5.41 Å². The van der Waals surface area contributed by atoms with Crippen molar-refractivity contribution in [2.45, 2.75) is 71.6 Å². The second kappa shape index (κ2) is 11.0. The van der Waals surface area contributed by atoms with Gasteiger partial charge in [0.25, 0.3) is 0 Å². The van der Waals surface area contributed by atoms with Gasteiger partial charge >= 0.3 is 17.9 Å². The fraction of sp³-hybridized carbons (Fsp3) is 0.640. The van der Waals surface area contributed by atoms with Gasteiger partial charge in [0.05, 0.1) is 12.7 Å². The van der Waals surface area contributed by atoms with Crippen molar-refractivity contribution in [1.29, 1.82) is 0 Å². The number of ether oxygens (including phenoxy) is 4. The summed E-state index contributed by atoms with van der Waals surface area (Å²) in [5.41, 5.74) is -1.55. The maximum atomic E-state index is 15.2. The van der Waals surface area contributed by atoms with Gasteiger partial charge in [-0.1, -0.05) is 11.6 Å². The summed E-state index contributed by atoms with van der Waals surface area (Å²) < 4.78 is 37.7. The highest BCUT2D eigenvalue weighted by Gasteiger charge is 2.52. The van der Waals surface area contributed by atoms with E-state index < -0.39 is 40.1 Å². The maximum absolute atomic E-state index is 15.2. The third kappa shape index (κ3) is 6.35. The van der Waals surface area contributed by atoms with E-state index >= 15 is 4.39 Å². The second-order valence-corrected chi connectivity index (χ2v) is 10.9. The van der Waals surface area contributed by atoms with Crippen molar-refractivity contribution in [1.82, 2.24) is 20.3 Å². The molecule has 1 fully saturated rings. The molecule has 1 aliphatic carbocycles. The average molecular weight is 554 g/mol. The van der Waals surface area contributed by atoms with E-state index in [0.29, 0.717) is 25.9 Å². The van der Waals surface area contributed by atoms with Crippen molar-refractivity contribution < 1.29 is 32.9 Å². The van der Waals surface area contributed by atoms with E-state index in [1.165, 1.54) is 0 Å². The van der Waals surface area contributed by atoms with Crippen molar-refractivity contribution >= 4 is 40.3 Å². The predicted octanol–water partition coefficient (Wildman–Crippen LogP) is 3.42. The second-order valence-electron chi connectivity index (χ2n) is 10.5. The van der Waals surface area contributed by atoms with E-state index in [4.69, 9.17) is 30.5 Å². The number of esters is 2. The minimum atomic E-state index is -0.858. The van der Waals surface area contributed by atoms with Gasteiger partial charge in [0.15, 0.2) is 11.0 Å². The lowest BCUT2D eigenvalue weighted by molar-refractivity contribution is -0.158. The van der Waals surface area contributed by atoms with Crippen molar-refractivity contribution in [3.8, 4) is 11.9 Å². The molecule has 2 unspecified atom stereocenters. The highest BCUT2D eigenvalue weighted by atomic mass is 35.5. The molecule has 2 N–H and O–H groups in total. The van der Waals surface area contributed by atoms with Crippen LogP contribution in [0, 0.1) is 11.2 Å². The standard InChI is InChI=1S/C25H33ClFN5O6/c1-6-35-22(34)25(7-8-25)12-36-23-30-17-15-19(32-23)29-10-9-28-14(21(33)38-24(3,4)5)11-13(2)37-20(15)31-18(26)16(17)27/h13-14,28H,6-12H2,1-5H3,(H,29,30,32). The van der Waals surface area contributed by atoms with Gasteiger partial charge in [0.1, 0.15) is 40.4 Å². The first-order chi connectivity index (χ1) is 17.9. The molecule has 13 heteroatoms. The summed E-state index contributed by atoms with van der Waals surface area (Å²) in [6, 6.07) is -0.786. The summed E-state index contributed by atoms with van der Waals surface area (Å²) in [5.74, 6) is -1.38. The maximum Gasteiger partial charge on any atom is 0.323 e. The van der Waals surface area contributed by atoms with E-state index in [9.17, 15) is 9.59 Å². The monoisotopic (exact) mass is 553 g/mol. The third-order valence-electron chi connectivity index (χ3n) is 6.11. The van der Waals surface area contributed by atoms with Crippen LogP contribution >= 0.6 is 11.6 Å². The van der Waals surface area contributed by atoms with Gasteiger partial charge in [-0.3, -0.25) is 9.59 Å². The van der Waals surface area contributed by atoms with Gasteiger partial charge in [-0.25, -0.2) is 4.39 Å². The van der Waals surface area contributed by atoms with Crippen LogP contribution in [-0.2, 0) is 19.1 Å². The number of rotatable bonds is 6. The van der Waals surface area contributed by atoms with Gasteiger partial charge in [0, 0.05) is 19.5 Å². The van der Waals surface area contributed by atoms with Crippen LogP contribution in [0.1, 0.15) is 53.9 Å². The summed E-state index contributed by atoms with van der Waals surface area (Å²) >= 11 is 6.10. The Balaban J connectivity index is 1.64. The Morgan fingerprint density at radius 3 is 2.61 bits per heavy atom. The normalized spacial score (nSPS) is 20.9. The SMILES string of the molecule is CCOC(=O)C1(COc2nc3c4c(nc(Cl)c(F)c4n2)OC(C)CC(C(=O)OC(C)(C)C)NCCN3)CC1. The lowest BCUT2D eigenvalue weighted by atomic mass is 10.1. The van der Waals surface area contributed by atoms with Crippen LogP contribution in [0.3, 0.4) is 0 Å². The van der Waals surface area contributed by atoms with E-state index in [1.807, 2.05) is 0 Å². The zero-order valence-corrected chi connectivity index (χ0v) is 22.9. The Labute approximate surface area is 225 Å². The molecule has 38 heavy (non-hydrogen) atoms. The zero-order valence-electron chi connectivity index (χ0n) is 22.2. The molecule has 2 aromatic heterocycles. The number of hydrogen-bond donors (Lipinski definition) is 2. The molecule has 2 aliphatic rings. The smallest absolute Gasteiger partial charge is 0.323 e. The van der Waals surface area contributed by atoms with Crippen molar-refractivity contribution in [3.63, 3.8) is 0 Å². The number of hydrogen-bond acceptors (Lipinski definition) is 11. The number of halogens is 2. The number of carbonyl (C=O) groups is 2. The summed E-state index contributed by atoms with van der Waals surface area (Å²) in [7, 11) is 0. The predicted molar refractivity (Wildman–Crippen MR) is 137 cm³/mol. The highest BCUT2D eigenvalue weighted by Crippen LogP contribution is 2.47. The van der Waals surface area contributed by atoms with Crippen LogP contribution < -0.4 is 20.1 Å². The lowest BCUT2D eigenvalue weighted by Gasteiger charge is -2.26. The van der Waals surface area contributed by atoms with Gasteiger partial charge in [-0.15, -0.1) is 0 Å². The summed E-state index contributed by atoms with van der Waals surface area (Å²) in [6.07, 6.45) is 0.975. The molecule has 3 heterocycles. The molecule has 0 saturated heterocycles. The van der Waals surface area contributed by atoms with Crippen LogP contribution in [0.4, 0.5) is 10.2 Å². The minimum Gasteiger partial charge on any atom is -0.474 e. The molecule has 2 atom stereocenters. The number of pyridine rings is 1. The minimum absolute atomic E-state index is 0.00324. The first-order valence-electron chi connectivity index (χ1n) is 12.7. The van der Waals surface area contributed by atoms with Crippen LogP contribution in [-0.4, -0.2) is 70.9 Å². The Kier molecular flexibility index (Phi) is 8.12. The number of nitrogens with zero attached hydrogens (tertiary/aromatic N) is 3. The Bertz CT molecular complexity index is 1220. The van der Waals surface area contributed by atoms with Crippen molar-refractivity contribution in [3.05, 3.63) is 11.0 Å². The Morgan fingerprint density at radius 2 is 1.95 bits per heavy atom. The number of aromatic nitrogens is 3. The molecule has 208 valence electrons. The molecule has 0 radical (unpaired) electrons. The first kappa shape index (κ1) is 28.0. The fourth-order valence-electron chi connectivity index (χ4n) is 4.05. The number of carbonyl (C=O) groups excluding carboxylic acids is 2. The van der Waals surface area contributed by atoms with E-state index in [-0.39, 0.29) is 54.2 Å². The highest BCUT2D eigenvalue weighted by molar-refractivity contribution is 6.30. The van der Waals surface area contributed by atoms with Gasteiger partial charge in [-0.05, 0) is 47.5 Å². The van der Waals surface area contributed by atoms with Gasteiger partial charge in [0.2, 0.25) is 5.88 Å². The summed E-state index contributed by atoms with van der Waals surface area (Å²) in [4.78, 5) is 37.9. The van der Waals surface area contributed by atoms with Crippen molar-refractivity contribution in [2.75, 3.05) is 31.6 Å². The molecule has 11 nitrogen and oxygen atoms in total. The molecule has 0 amide bonds. The Morgan fingerprint density at radius 1 is 1.21 bits per heavy atom. The summed E-state index contributed by atoms with van der Waals surface area (Å²) in [5, 5.41) is 6.06. The van der Waals surface area contributed by atoms with E-state index in [2.05, 4.69) is 25.6 Å². The zero-order chi connectivity index (χ0) is 27.7. The Hall–Kier alpha value is -2.99. The molecule has 0 spiro atoms. The van der Waals surface area contributed by atoms with Crippen LogP contribution in [0.5, 0.6) is 11.9 Å². The number of nitrogens with one attached hydrogen (secondary N) is 2. The van der Waals surface area contributed by atoms with Crippen LogP contribution in [0.15, 0.2) is 0 Å². The molecular weight excluding hydrogens is 521 g/mol. The molecule has 1 aliphatic heterocycles. The molecular formula is C25H33ClFN5O6. The molecule has 0 bridgehead atoms. The van der Waals surface area contributed by atoms with Gasteiger partial charge < -0.3 is 29.6 Å². The third-order valence-corrected chi connectivity index (χ3v) is 6.36. The molecule has 0 aromatic carbocycles. The first-order valence-corrected chi connectivity index (χ1v) is 13.0. The lowest BCUT2D eigenvalue weighted by Crippen LogP contribution is -2.45.